The van der Waals surface area contributed by atoms with Crippen molar-refractivity contribution in [2.75, 3.05) is 6.54 Å². The Morgan fingerprint density at radius 1 is 1.10 bits per heavy atom. The summed E-state index contributed by atoms with van der Waals surface area (Å²) in [5.41, 5.74) is 0.773. The fourth-order valence-corrected chi connectivity index (χ4v) is 1.89. The molecule has 0 saturated carbocycles. The number of benzene rings is 2. The van der Waals surface area contributed by atoms with Crippen molar-refractivity contribution in [3.8, 4) is 5.75 Å². The number of aliphatic hydroxyl groups excluding tert-OH is 1. The normalized spacial score (nSPS) is 13.2. The highest BCUT2D eigenvalue weighted by Gasteiger charge is 2.16. The van der Waals surface area contributed by atoms with Gasteiger partial charge in [-0.15, -0.1) is 0 Å². The molecule has 0 spiro atoms. The summed E-state index contributed by atoms with van der Waals surface area (Å²) in [4.78, 5) is 11.9. The lowest BCUT2D eigenvalue weighted by Gasteiger charge is -2.16. The van der Waals surface area contributed by atoms with Crippen LogP contribution in [0.25, 0.3) is 0 Å². The van der Waals surface area contributed by atoms with Crippen LogP contribution in [0, 0.1) is 0 Å². The van der Waals surface area contributed by atoms with Crippen molar-refractivity contribution in [2.45, 2.75) is 19.1 Å². The third-order valence-electron chi connectivity index (χ3n) is 3.08. The Kier molecular flexibility index (Phi) is 5.35. The third kappa shape index (κ3) is 4.61. The maximum Gasteiger partial charge on any atom is 0.260 e. The van der Waals surface area contributed by atoms with Gasteiger partial charge in [0.2, 0.25) is 0 Å². The van der Waals surface area contributed by atoms with E-state index < -0.39 is 12.2 Å². The molecule has 0 aliphatic heterocycles. The molecule has 110 valence electrons. The van der Waals surface area contributed by atoms with Crippen molar-refractivity contribution >= 4 is 5.91 Å². The van der Waals surface area contributed by atoms with Crippen molar-refractivity contribution in [3.05, 3.63) is 66.2 Å². The molecule has 1 amide bonds. The van der Waals surface area contributed by atoms with E-state index in [0.717, 1.165) is 5.56 Å². The first kappa shape index (κ1) is 15.1. The van der Waals surface area contributed by atoms with Crippen LogP contribution in [0.2, 0.25) is 0 Å². The highest BCUT2D eigenvalue weighted by atomic mass is 16.5. The van der Waals surface area contributed by atoms with E-state index in [1.165, 1.54) is 0 Å². The molecule has 0 aromatic heterocycles. The number of aliphatic hydroxyl groups is 1. The maximum absolute atomic E-state index is 11.9. The smallest absolute Gasteiger partial charge is 0.260 e. The minimum atomic E-state index is -0.723. The Hall–Kier alpha value is -2.33. The van der Waals surface area contributed by atoms with Gasteiger partial charge in [0.05, 0.1) is 6.10 Å². The number of hydrogen-bond donors (Lipinski definition) is 2. The molecule has 4 nitrogen and oxygen atoms in total. The van der Waals surface area contributed by atoms with Crippen LogP contribution < -0.4 is 10.1 Å². The summed E-state index contributed by atoms with van der Waals surface area (Å²) in [6.45, 7) is 1.84. The SMILES string of the molecule is CC(Oc1ccccc1)C(=O)NCC(O)c1ccccc1. The van der Waals surface area contributed by atoms with Gasteiger partial charge in [-0.05, 0) is 24.6 Å². The summed E-state index contributed by atoms with van der Waals surface area (Å²) in [6, 6.07) is 18.4. The maximum atomic E-state index is 11.9. The molecule has 2 aromatic carbocycles. The first-order chi connectivity index (χ1) is 10.2. The molecule has 0 radical (unpaired) electrons. The van der Waals surface area contributed by atoms with Gasteiger partial charge in [-0.25, -0.2) is 0 Å². The van der Waals surface area contributed by atoms with Crippen molar-refractivity contribution in [3.63, 3.8) is 0 Å². The van der Waals surface area contributed by atoms with Crippen molar-refractivity contribution in [2.24, 2.45) is 0 Å². The predicted molar refractivity (Wildman–Crippen MR) is 80.9 cm³/mol. The number of para-hydroxylation sites is 1. The van der Waals surface area contributed by atoms with E-state index in [1.807, 2.05) is 48.5 Å². The minimum absolute atomic E-state index is 0.158. The fourth-order valence-electron chi connectivity index (χ4n) is 1.89. The monoisotopic (exact) mass is 285 g/mol. The summed E-state index contributed by atoms with van der Waals surface area (Å²) in [5.74, 6) is 0.387. The van der Waals surface area contributed by atoms with Gasteiger partial charge >= 0.3 is 0 Å². The summed E-state index contributed by atoms with van der Waals surface area (Å²) < 4.78 is 5.52. The van der Waals surface area contributed by atoms with Crippen LogP contribution in [0.3, 0.4) is 0 Å². The Morgan fingerprint density at radius 2 is 1.67 bits per heavy atom. The van der Waals surface area contributed by atoms with Gasteiger partial charge in [0, 0.05) is 6.54 Å². The molecule has 0 aliphatic rings. The highest BCUT2D eigenvalue weighted by Crippen LogP contribution is 2.12. The van der Waals surface area contributed by atoms with E-state index in [9.17, 15) is 9.90 Å². The quantitative estimate of drug-likeness (QED) is 0.856. The van der Waals surface area contributed by atoms with E-state index in [1.54, 1.807) is 19.1 Å². The summed E-state index contributed by atoms with van der Waals surface area (Å²) in [7, 11) is 0. The van der Waals surface area contributed by atoms with E-state index in [0.29, 0.717) is 5.75 Å². The fraction of sp³-hybridized carbons (Fsp3) is 0.235. The van der Waals surface area contributed by atoms with Gasteiger partial charge in [-0.2, -0.15) is 0 Å². The van der Waals surface area contributed by atoms with Crippen LogP contribution >= 0.6 is 0 Å². The first-order valence-electron chi connectivity index (χ1n) is 6.89. The van der Waals surface area contributed by atoms with E-state index in [2.05, 4.69) is 5.32 Å². The molecular weight excluding hydrogens is 266 g/mol. The largest absolute Gasteiger partial charge is 0.481 e. The summed E-state index contributed by atoms with van der Waals surface area (Å²) >= 11 is 0. The topological polar surface area (TPSA) is 58.6 Å². The van der Waals surface area contributed by atoms with Crippen LogP contribution in [0.1, 0.15) is 18.6 Å². The lowest BCUT2D eigenvalue weighted by molar-refractivity contribution is -0.127. The van der Waals surface area contributed by atoms with Crippen molar-refractivity contribution in [1.82, 2.24) is 5.32 Å². The molecule has 2 atom stereocenters. The van der Waals surface area contributed by atoms with Crippen molar-refractivity contribution in [1.29, 1.82) is 0 Å². The second kappa shape index (κ2) is 7.45. The molecule has 2 rings (SSSR count). The highest BCUT2D eigenvalue weighted by molar-refractivity contribution is 5.80. The van der Waals surface area contributed by atoms with Gasteiger partial charge < -0.3 is 15.2 Å². The number of carbonyl (C=O) groups is 1. The predicted octanol–water partition coefficient (Wildman–Crippen LogP) is 2.30. The van der Waals surface area contributed by atoms with Gasteiger partial charge in [0.25, 0.3) is 5.91 Å². The number of amides is 1. The molecule has 4 heteroatoms. The number of ether oxygens (including phenoxy) is 1. The second-order valence-corrected chi connectivity index (χ2v) is 4.74. The third-order valence-corrected chi connectivity index (χ3v) is 3.08. The standard InChI is InChI=1S/C17H19NO3/c1-13(21-15-10-6-3-7-11-15)17(20)18-12-16(19)14-8-4-2-5-9-14/h2-11,13,16,19H,12H2,1H3,(H,18,20). The zero-order valence-electron chi connectivity index (χ0n) is 11.9. The molecule has 0 fully saturated rings. The molecule has 0 bridgehead atoms. The van der Waals surface area contributed by atoms with E-state index in [4.69, 9.17) is 4.74 Å². The molecule has 0 saturated heterocycles. The number of hydrogen-bond acceptors (Lipinski definition) is 3. The molecule has 0 heterocycles. The average Bonchev–Trinajstić information content (AvgIpc) is 2.54. The zero-order chi connectivity index (χ0) is 15.1. The van der Waals surface area contributed by atoms with Crippen LogP contribution in [0.4, 0.5) is 0 Å². The number of carbonyl (C=O) groups excluding carboxylic acids is 1. The van der Waals surface area contributed by atoms with Crippen LogP contribution in [-0.2, 0) is 4.79 Å². The molecule has 21 heavy (non-hydrogen) atoms. The Labute approximate surface area is 124 Å². The lowest BCUT2D eigenvalue weighted by Crippen LogP contribution is -2.38. The number of nitrogens with one attached hydrogen (secondary N) is 1. The average molecular weight is 285 g/mol. The van der Waals surface area contributed by atoms with Gasteiger partial charge in [0.1, 0.15) is 5.75 Å². The Morgan fingerprint density at radius 3 is 2.29 bits per heavy atom. The molecular formula is C17H19NO3. The Balaban J connectivity index is 1.81. The second-order valence-electron chi connectivity index (χ2n) is 4.74. The van der Waals surface area contributed by atoms with E-state index in [-0.39, 0.29) is 12.5 Å². The van der Waals surface area contributed by atoms with Crippen LogP contribution in [0.15, 0.2) is 60.7 Å². The van der Waals surface area contributed by atoms with Crippen LogP contribution in [-0.4, -0.2) is 23.7 Å². The minimum Gasteiger partial charge on any atom is -0.481 e. The van der Waals surface area contributed by atoms with Gasteiger partial charge in [-0.3, -0.25) is 4.79 Å². The zero-order valence-corrected chi connectivity index (χ0v) is 11.9. The number of rotatable bonds is 6. The summed E-state index contributed by atoms with van der Waals surface area (Å²) in [6.07, 6.45) is -1.34. The van der Waals surface area contributed by atoms with Crippen molar-refractivity contribution < 1.29 is 14.6 Å². The van der Waals surface area contributed by atoms with Gasteiger partial charge in [-0.1, -0.05) is 48.5 Å². The first-order valence-corrected chi connectivity index (χ1v) is 6.89. The lowest BCUT2D eigenvalue weighted by atomic mass is 10.1. The molecule has 2 unspecified atom stereocenters. The molecule has 2 N–H and O–H groups in total. The molecule has 0 aliphatic carbocycles. The van der Waals surface area contributed by atoms with E-state index >= 15 is 0 Å². The summed E-state index contributed by atoms with van der Waals surface area (Å²) in [5, 5.41) is 12.7. The van der Waals surface area contributed by atoms with Crippen LogP contribution in [0.5, 0.6) is 5.75 Å². The van der Waals surface area contributed by atoms with Gasteiger partial charge in [0.15, 0.2) is 6.10 Å². The molecule has 2 aromatic rings. The Bertz CT molecular complexity index is 557.